The lowest BCUT2D eigenvalue weighted by atomic mass is 9.85. The highest BCUT2D eigenvalue weighted by Crippen LogP contribution is 2.23. The van der Waals surface area contributed by atoms with Gasteiger partial charge in [-0.25, -0.2) is 0 Å². The molecule has 0 radical (unpaired) electrons. The third kappa shape index (κ3) is 3.93. The summed E-state index contributed by atoms with van der Waals surface area (Å²) in [5.74, 6) is -0.253. The van der Waals surface area contributed by atoms with Gasteiger partial charge in [0.05, 0.1) is 17.1 Å². The van der Waals surface area contributed by atoms with E-state index >= 15 is 0 Å². The lowest BCUT2D eigenvalue weighted by molar-refractivity contribution is -0.136. The van der Waals surface area contributed by atoms with Gasteiger partial charge in [0.15, 0.2) is 0 Å². The lowest BCUT2D eigenvalue weighted by Gasteiger charge is -2.40. The summed E-state index contributed by atoms with van der Waals surface area (Å²) in [7, 11) is 0. The van der Waals surface area contributed by atoms with Crippen LogP contribution in [0.2, 0.25) is 0 Å². The van der Waals surface area contributed by atoms with Crippen LogP contribution in [0.5, 0.6) is 0 Å². The molecule has 0 bridgehead atoms. The van der Waals surface area contributed by atoms with E-state index in [9.17, 15) is 14.7 Å². The zero-order valence-corrected chi connectivity index (χ0v) is 12.6. The minimum atomic E-state index is -1.00. The monoisotopic (exact) mass is 270 g/mol. The molecule has 0 aromatic carbocycles. The maximum atomic E-state index is 12.3. The largest absolute Gasteiger partial charge is 0.388 e. The fourth-order valence-corrected chi connectivity index (χ4v) is 2.04. The van der Waals surface area contributed by atoms with Gasteiger partial charge in [-0.2, -0.15) is 0 Å². The normalized spacial score (nSPS) is 21.2. The van der Waals surface area contributed by atoms with Crippen molar-refractivity contribution in [1.82, 2.24) is 10.2 Å². The molecule has 1 rings (SSSR count). The van der Waals surface area contributed by atoms with Gasteiger partial charge >= 0.3 is 0 Å². The van der Waals surface area contributed by atoms with Gasteiger partial charge in [0.25, 0.3) is 0 Å². The number of rotatable bonds is 3. The van der Waals surface area contributed by atoms with Gasteiger partial charge in [-0.1, -0.05) is 0 Å². The van der Waals surface area contributed by atoms with Crippen molar-refractivity contribution in [2.45, 2.75) is 58.6 Å². The highest BCUT2D eigenvalue weighted by atomic mass is 16.3. The number of carbonyl (C=O) groups is 2. The third-order valence-corrected chi connectivity index (χ3v) is 4.20. The third-order valence-electron chi connectivity index (χ3n) is 4.20. The van der Waals surface area contributed by atoms with Gasteiger partial charge in [-0.05, 0) is 40.5 Å². The zero-order valence-electron chi connectivity index (χ0n) is 12.6. The molecule has 0 aromatic rings. The Balaban J connectivity index is 2.66. The molecule has 0 aromatic heterocycles. The molecule has 19 heavy (non-hydrogen) atoms. The second-order valence-corrected chi connectivity index (χ2v) is 6.48. The van der Waals surface area contributed by atoms with Crippen molar-refractivity contribution < 1.29 is 14.7 Å². The van der Waals surface area contributed by atoms with Gasteiger partial charge in [-0.15, -0.1) is 0 Å². The SMILES string of the molecule is CC(=O)N1CCCC(C(=O)NC(C)(C)C(C)(C)O)C1. The molecule has 1 heterocycles. The van der Waals surface area contributed by atoms with E-state index in [4.69, 9.17) is 0 Å². The first-order valence-electron chi connectivity index (χ1n) is 6.84. The molecule has 110 valence electrons. The Bertz CT molecular complexity index is 358. The van der Waals surface area contributed by atoms with Crippen LogP contribution in [0.25, 0.3) is 0 Å². The van der Waals surface area contributed by atoms with Crippen molar-refractivity contribution in [2.24, 2.45) is 5.92 Å². The zero-order chi connectivity index (χ0) is 14.8. The molecule has 2 amide bonds. The molecule has 1 fully saturated rings. The Morgan fingerprint density at radius 1 is 1.26 bits per heavy atom. The maximum Gasteiger partial charge on any atom is 0.225 e. The molecule has 0 aliphatic carbocycles. The van der Waals surface area contributed by atoms with Crippen LogP contribution >= 0.6 is 0 Å². The molecule has 1 unspecified atom stereocenters. The summed E-state index contributed by atoms with van der Waals surface area (Å²) in [6, 6.07) is 0. The summed E-state index contributed by atoms with van der Waals surface area (Å²) in [4.78, 5) is 25.3. The summed E-state index contributed by atoms with van der Waals surface area (Å²) in [6.07, 6.45) is 1.64. The quantitative estimate of drug-likeness (QED) is 0.801. The van der Waals surface area contributed by atoms with Crippen LogP contribution in [-0.4, -0.2) is 46.1 Å². The summed E-state index contributed by atoms with van der Waals surface area (Å²) < 4.78 is 0. The first-order chi connectivity index (χ1) is 8.54. The standard InChI is InChI=1S/C14H26N2O3/c1-10(17)16-8-6-7-11(9-16)12(18)15-13(2,3)14(4,5)19/h11,19H,6-9H2,1-5H3,(H,15,18). The van der Waals surface area contributed by atoms with Crippen molar-refractivity contribution in [3.8, 4) is 0 Å². The van der Waals surface area contributed by atoms with Crippen molar-refractivity contribution in [1.29, 1.82) is 0 Å². The number of nitrogens with zero attached hydrogens (tertiary/aromatic N) is 1. The average molecular weight is 270 g/mol. The topological polar surface area (TPSA) is 69.6 Å². The first-order valence-corrected chi connectivity index (χ1v) is 6.84. The van der Waals surface area contributed by atoms with E-state index in [2.05, 4.69) is 5.32 Å². The van der Waals surface area contributed by atoms with E-state index in [0.717, 1.165) is 19.4 Å². The molecule has 1 aliphatic rings. The predicted molar refractivity (Wildman–Crippen MR) is 73.5 cm³/mol. The van der Waals surface area contributed by atoms with E-state index in [0.29, 0.717) is 6.54 Å². The van der Waals surface area contributed by atoms with Gasteiger partial charge < -0.3 is 15.3 Å². The molecule has 2 N–H and O–H groups in total. The first kappa shape index (κ1) is 16.0. The highest BCUT2D eigenvalue weighted by Gasteiger charge is 2.38. The van der Waals surface area contributed by atoms with Crippen LogP contribution in [0.3, 0.4) is 0 Å². The van der Waals surface area contributed by atoms with Crippen LogP contribution in [0, 0.1) is 5.92 Å². The Labute approximate surface area is 115 Å². The number of hydrogen-bond acceptors (Lipinski definition) is 3. The van der Waals surface area contributed by atoms with Crippen molar-refractivity contribution in [2.75, 3.05) is 13.1 Å². The Hall–Kier alpha value is -1.10. The van der Waals surface area contributed by atoms with Crippen LogP contribution in [-0.2, 0) is 9.59 Å². The predicted octanol–water partition coefficient (Wildman–Crippen LogP) is 0.911. The van der Waals surface area contributed by atoms with Gasteiger partial charge in [0.2, 0.25) is 11.8 Å². The van der Waals surface area contributed by atoms with Gasteiger partial charge in [-0.3, -0.25) is 9.59 Å². The van der Waals surface area contributed by atoms with E-state index < -0.39 is 11.1 Å². The molecule has 0 saturated carbocycles. The summed E-state index contributed by atoms with van der Waals surface area (Å²) in [5, 5.41) is 13.0. The summed E-state index contributed by atoms with van der Waals surface area (Å²) >= 11 is 0. The molecule has 0 spiro atoms. The number of aliphatic hydroxyl groups is 1. The maximum absolute atomic E-state index is 12.3. The minimum Gasteiger partial charge on any atom is -0.388 e. The number of likely N-dealkylation sites (tertiary alicyclic amines) is 1. The van der Waals surface area contributed by atoms with E-state index in [1.807, 2.05) is 0 Å². The molecular formula is C14H26N2O3. The van der Waals surface area contributed by atoms with E-state index in [1.165, 1.54) is 6.92 Å². The second-order valence-electron chi connectivity index (χ2n) is 6.48. The minimum absolute atomic E-state index is 0.0132. The van der Waals surface area contributed by atoms with Crippen LogP contribution < -0.4 is 5.32 Å². The average Bonchev–Trinajstić information content (AvgIpc) is 2.27. The lowest BCUT2D eigenvalue weighted by Crippen LogP contribution is -2.60. The molecule has 1 saturated heterocycles. The molecule has 1 aliphatic heterocycles. The number of carbonyl (C=O) groups excluding carboxylic acids is 2. The highest BCUT2D eigenvalue weighted by molar-refractivity contribution is 5.81. The molecular weight excluding hydrogens is 244 g/mol. The van der Waals surface area contributed by atoms with Crippen LogP contribution in [0.15, 0.2) is 0 Å². The number of piperidine rings is 1. The van der Waals surface area contributed by atoms with Crippen molar-refractivity contribution >= 4 is 11.8 Å². The van der Waals surface area contributed by atoms with Gasteiger partial charge in [0.1, 0.15) is 0 Å². The fourth-order valence-electron chi connectivity index (χ4n) is 2.04. The Morgan fingerprint density at radius 3 is 2.32 bits per heavy atom. The van der Waals surface area contributed by atoms with Crippen LogP contribution in [0.4, 0.5) is 0 Å². The van der Waals surface area contributed by atoms with Crippen LogP contribution in [0.1, 0.15) is 47.5 Å². The molecule has 1 atom stereocenters. The number of amides is 2. The van der Waals surface area contributed by atoms with E-state index in [-0.39, 0.29) is 17.7 Å². The van der Waals surface area contributed by atoms with Gasteiger partial charge in [0, 0.05) is 20.0 Å². The molecule has 5 heteroatoms. The number of nitrogens with one attached hydrogen (secondary N) is 1. The fraction of sp³-hybridized carbons (Fsp3) is 0.857. The Kier molecular flexibility index (Phi) is 4.61. The van der Waals surface area contributed by atoms with E-state index in [1.54, 1.807) is 32.6 Å². The summed E-state index contributed by atoms with van der Waals surface area (Å²) in [5.41, 5.74) is -1.71. The summed E-state index contributed by atoms with van der Waals surface area (Å²) in [6.45, 7) is 9.69. The van der Waals surface area contributed by atoms with Crippen molar-refractivity contribution in [3.05, 3.63) is 0 Å². The van der Waals surface area contributed by atoms with Crippen molar-refractivity contribution in [3.63, 3.8) is 0 Å². The molecule has 5 nitrogen and oxygen atoms in total. The smallest absolute Gasteiger partial charge is 0.225 e. The Morgan fingerprint density at radius 2 is 1.84 bits per heavy atom. The second kappa shape index (κ2) is 5.49. The number of hydrogen-bond donors (Lipinski definition) is 2.